The topological polar surface area (TPSA) is 97.7 Å². The number of nitrogens with zero attached hydrogens (tertiary/aromatic N) is 2. The first-order valence-electron chi connectivity index (χ1n) is 9.94. The van der Waals surface area contributed by atoms with Crippen LogP contribution in [0, 0.1) is 37.8 Å². The molecule has 2 heterocycles. The normalized spacial score (nSPS) is 16.1. The highest BCUT2D eigenvalue weighted by Crippen LogP contribution is 2.34. The monoisotopic (exact) mass is 447 g/mol. The molecule has 0 spiro atoms. The molecule has 0 aliphatic carbocycles. The van der Waals surface area contributed by atoms with Crippen LogP contribution in [0.4, 0.5) is 11.4 Å². The van der Waals surface area contributed by atoms with Crippen LogP contribution in [0.1, 0.15) is 28.0 Å². The Morgan fingerprint density at radius 2 is 1.84 bits per heavy atom. The molecule has 1 fully saturated rings. The second kappa shape index (κ2) is 8.47. The van der Waals surface area contributed by atoms with Crippen LogP contribution in [-0.4, -0.2) is 16.0 Å². The molecule has 1 amide bonds. The molecule has 162 valence electrons. The average molecular weight is 448 g/mol. The van der Waals surface area contributed by atoms with Gasteiger partial charge in [0.05, 0.1) is 15.5 Å². The lowest BCUT2D eigenvalue weighted by Crippen LogP contribution is -2.19. The number of amidine groups is 1. The van der Waals surface area contributed by atoms with Crippen molar-refractivity contribution in [2.75, 3.05) is 0 Å². The van der Waals surface area contributed by atoms with Crippen molar-refractivity contribution in [1.82, 2.24) is 5.32 Å². The lowest BCUT2D eigenvalue weighted by molar-refractivity contribution is -0.385. The number of rotatable bonds is 4. The number of carbonyl (C=O) groups is 1. The summed E-state index contributed by atoms with van der Waals surface area (Å²) >= 11 is 1.24. The van der Waals surface area contributed by atoms with E-state index < -0.39 is 4.92 Å². The van der Waals surface area contributed by atoms with Crippen molar-refractivity contribution in [2.45, 2.75) is 27.7 Å². The maximum absolute atomic E-state index is 12.4. The van der Waals surface area contributed by atoms with Crippen LogP contribution in [0.5, 0.6) is 0 Å². The van der Waals surface area contributed by atoms with Crippen LogP contribution in [-0.2, 0) is 4.79 Å². The van der Waals surface area contributed by atoms with E-state index in [2.05, 4.69) is 10.3 Å². The Hall–Kier alpha value is -3.65. The van der Waals surface area contributed by atoms with Gasteiger partial charge in [-0.25, -0.2) is 4.99 Å². The predicted octanol–water partition coefficient (Wildman–Crippen LogP) is 5.98. The molecule has 2 aromatic carbocycles. The number of nitrogens with one attached hydrogen (secondary N) is 1. The number of hydrogen-bond donors (Lipinski definition) is 1. The van der Waals surface area contributed by atoms with E-state index in [-0.39, 0.29) is 11.6 Å². The highest BCUT2D eigenvalue weighted by atomic mass is 32.2. The Balaban J connectivity index is 1.62. The smallest absolute Gasteiger partial charge is 0.273 e. The van der Waals surface area contributed by atoms with Gasteiger partial charge in [-0.2, -0.15) is 0 Å². The average Bonchev–Trinajstić information content (AvgIpc) is 3.33. The molecule has 1 saturated heterocycles. The summed E-state index contributed by atoms with van der Waals surface area (Å²) in [6.07, 6.45) is 1.65. The lowest BCUT2D eigenvalue weighted by Gasteiger charge is -2.05. The van der Waals surface area contributed by atoms with Crippen molar-refractivity contribution in [3.63, 3.8) is 0 Å². The number of aryl methyl sites for hydroxylation is 3. The second-order valence-electron chi connectivity index (χ2n) is 7.69. The third-order valence-electron chi connectivity index (χ3n) is 5.12. The summed E-state index contributed by atoms with van der Waals surface area (Å²) in [6, 6.07) is 12.9. The van der Waals surface area contributed by atoms with Gasteiger partial charge in [-0.3, -0.25) is 14.9 Å². The molecule has 3 aromatic rings. The first-order valence-corrected chi connectivity index (χ1v) is 10.8. The zero-order chi connectivity index (χ0) is 23.0. The fraction of sp³-hybridized carbons (Fsp3) is 0.167. The molecule has 0 saturated carbocycles. The SMILES string of the molecule is Cc1ccc(C)c(N=C2NC(=O)/C(=C/c3ccc(-c4cc(C)cc([N+](=O)[O-])c4C)o3)S2)c1. The van der Waals surface area contributed by atoms with Crippen molar-refractivity contribution in [2.24, 2.45) is 4.99 Å². The summed E-state index contributed by atoms with van der Waals surface area (Å²) in [4.78, 5) is 28.4. The molecule has 1 N–H and O–H groups in total. The molecule has 0 radical (unpaired) electrons. The molecule has 32 heavy (non-hydrogen) atoms. The minimum absolute atomic E-state index is 0.0503. The van der Waals surface area contributed by atoms with E-state index in [1.807, 2.05) is 38.1 Å². The van der Waals surface area contributed by atoms with Crippen LogP contribution < -0.4 is 5.32 Å². The molecular weight excluding hydrogens is 426 g/mol. The first kappa shape index (κ1) is 21.6. The Morgan fingerprint density at radius 3 is 2.59 bits per heavy atom. The number of nitro groups is 1. The fourth-order valence-corrected chi connectivity index (χ4v) is 4.23. The Kier molecular flexibility index (Phi) is 5.71. The van der Waals surface area contributed by atoms with Crippen LogP contribution >= 0.6 is 11.8 Å². The van der Waals surface area contributed by atoms with Crippen molar-refractivity contribution < 1.29 is 14.1 Å². The van der Waals surface area contributed by atoms with Gasteiger partial charge in [0.1, 0.15) is 11.5 Å². The predicted molar refractivity (Wildman–Crippen MR) is 127 cm³/mol. The number of furan rings is 1. The molecule has 7 nitrogen and oxygen atoms in total. The van der Waals surface area contributed by atoms with Gasteiger partial charge in [-0.1, -0.05) is 12.1 Å². The van der Waals surface area contributed by atoms with Gasteiger partial charge in [0, 0.05) is 23.3 Å². The maximum Gasteiger partial charge on any atom is 0.273 e. The molecule has 1 aromatic heterocycles. The summed E-state index contributed by atoms with van der Waals surface area (Å²) in [6.45, 7) is 7.47. The number of benzene rings is 2. The third kappa shape index (κ3) is 4.36. The third-order valence-corrected chi connectivity index (χ3v) is 6.03. The molecule has 8 heteroatoms. The molecule has 0 unspecified atom stereocenters. The van der Waals surface area contributed by atoms with Crippen LogP contribution in [0.3, 0.4) is 0 Å². The van der Waals surface area contributed by atoms with Crippen molar-refractivity contribution in [3.8, 4) is 11.3 Å². The molecule has 1 aliphatic rings. The number of thioether (sulfide) groups is 1. The minimum atomic E-state index is -0.395. The lowest BCUT2D eigenvalue weighted by atomic mass is 10.0. The van der Waals surface area contributed by atoms with Crippen LogP contribution in [0.15, 0.2) is 56.8 Å². The summed E-state index contributed by atoms with van der Waals surface area (Å²) in [5.74, 6) is 0.738. The summed E-state index contributed by atoms with van der Waals surface area (Å²) in [5.41, 5.74) is 4.93. The van der Waals surface area contributed by atoms with Gasteiger partial charge in [-0.05, 0) is 80.4 Å². The van der Waals surface area contributed by atoms with E-state index in [1.54, 1.807) is 38.1 Å². The van der Waals surface area contributed by atoms with E-state index in [1.165, 1.54) is 11.8 Å². The van der Waals surface area contributed by atoms with E-state index in [0.717, 1.165) is 22.4 Å². The maximum atomic E-state index is 12.4. The number of amides is 1. The fourth-order valence-electron chi connectivity index (χ4n) is 3.42. The van der Waals surface area contributed by atoms with Gasteiger partial charge in [0.25, 0.3) is 11.6 Å². The van der Waals surface area contributed by atoms with Crippen molar-refractivity contribution in [1.29, 1.82) is 0 Å². The van der Waals surface area contributed by atoms with Gasteiger partial charge in [0.15, 0.2) is 5.17 Å². The molecule has 4 rings (SSSR count). The van der Waals surface area contributed by atoms with Gasteiger partial charge in [-0.15, -0.1) is 0 Å². The number of nitro benzene ring substituents is 1. The van der Waals surface area contributed by atoms with Crippen LogP contribution in [0.2, 0.25) is 0 Å². The second-order valence-corrected chi connectivity index (χ2v) is 8.72. The zero-order valence-electron chi connectivity index (χ0n) is 18.1. The van der Waals surface area contributed by atoms with Crippen molar-refractivity contribution >= 4 is 40.3 Å². The Bertz CT molecular complexity index is 1320. The van der Waals surface area contributed by atoms with Gasteiger partial charge in [0.2, 0.25) is 0 Å². The van der Waals surface area contributed by atoms with Gasteiger partial charge >= 0.3 is 0 Å². The van der Waals surface area contributed by atoms with Gasteiger partial charge < -0.3 is 9.73 Å². The number of hydrogen-bond acceptors (Lipinski definition) is 6. The summed E-state index contributed by atoms with van der Waals surface area (Å²) in [5, 5.41) is 14.6. The molecular formula is C24H21N3O4S. The Labute approximate surface area is 189 Å². The zero-order valence-corrected chi connectivity index (χ0v) is 18.9. The van der Waals surface area contributed by atoms with E-state index in [0.29, 0.717) is 32.7 Å². The Morgan fingerprint density at radius 1 is 1.06 bits per heavy atom. The van der Waals surface area contributed by atoms with E-state index in [9.17, 15) is 14.9 Å². The highest BCUT2D eigenvalue weighted by Gasteiger charge is 2.25. The molecule has 0 bridgehead atoms. The van der Waals surface area contributed by atoms with E-state index >= 15 is 0 Å². The molecule has 1 aliphatic heterocycles. The van der Waals surface area contributed by atoms with Crippen molar-refractivity contribution in [3.05, 3.63) is 85.5 Å². The molecule has 0 atom stereocenters. The number of aliphatic imine (C=N–C) groups is 1. The van der Waals surface area contributed by atoms with Crippen LogP contribution in [0.25, 0.3) is 17.4 Å². The summed E-state index contributed by atoms with van der Waals surface area (Å²) < 4.78 is 5.91. The largest absolute Gasteiger partial charge is 0.457 e. The number of carbonyl (C=O) groups excluding carboxylic acids is 1. The first-order chi connectivity index (χ1) is 15.2. The highest BCUT2D eigenvalue weighted by molar-refractivity contribution is 8.18. The standard InChI is InChI=1S/C24H21N3O4S/c1-13-5-6-15(3)19(10-13)25-24-26-23(28)22(32-24)12-17-7-8-21(31-17)18-9-14(2)11-20(16(18)4)27(29)30/h5-12H,1-4H3,(H,25,26,28)/b22-12-. The quantitative estimate of drug-likeness (QED) is 0.301. The van der Waals surface area contributed by atoms with E-state index in [4.69, 9.17) is 4.42 Å². The minimum Gasteiger partial charge on any atom is -0.457 e. The summed E-state index contributed by atoms with van der Waals surface area (Å²) in [7, 11) is 0.